The second kappa shape index (κ2) is 7.98. The molecule has 1 amide bonds. The molecule has 0 aliphatic carbocycles. The van der Waals surface area contributed by atoms with E-state index < -0.39 is 6.10 Å². The van der Waals surface area contributed by atoms with Crippen molar-refractivity contribution in [1.29, 1.82) is 0 Å². The van der Waals surface area contributed by atoms with Gasteiger partial charge in [0, 0.05) is 13.0 Å². The van der Waals surface area contributed by atoms with E-state index in [1.165, 1.54) is 0 Å². The minimum atomic E-state index is -0.407. The van der Waals surface area contributed by atoms with Crippen molar-refractivity contribution in [2.24, 2.45) is 0 Å². The zero-order chi connectivity index (χ0) is 18.6. The highest BCUT2D eigenvalue weighted by Gasteiger charge is 2.35. The number of aliphatic hydroxyl groups is 1. The molecule has 0 aromatic heterocycles. The van der Waals surface area contributed by atoms with E-state index in [2.05, 4.69) is 0 Å². The summed E-state index contributed by atoms with van der Waals surface area (Å²) in [6, 6.07) is 15.3. The van der Waals surface area contributed by atoms with Crippen LogP contribution in [0.4, 0.5) is 0 Å². The molecule has 0 unspecified atom stereocenters. The number of aliphatic hydroxyl groups excluding tert-OH is 1. The van der Waals surface area contributed by atoms with E-state index in [4.69, 9.17) is 14.2 Å². The van der Waals surface area contributed by atoms with Crippen LogP contribution in [0, 0.1) is 0 Å². The number of morpholine rings is 1. The summed E-state index contributed by atoms with van der Waals surface area (Å²) in [5.41, 5.74) is 2.02. The molecular formula is C21H23NO5. The number of hydrogen-bond donors (Lipinski definition) is 1. The molecule has 4 rings (SSSR count). The summed E-state index contributed by atoms with van der Waals surface area (Å²) < 4.78 is 16.4. The summed E-state index contributed by atoms with van der Waals surface area (Å²) in [5.74, 6) is 1.53. The summed E-state index contributed by atoms with van der Waals surface area (Å²) in [7, 11) is 0. The number of amides is 1. The Labute approximate surface area is 158 Å². The first-order valence-electron chi connectivity index (χ1n) is 9.21. The number of nitrogens with zero attached hydrogens (tertiary/aromatic N) is 1. The Kier molecular flexibility index (Phi) is 5.27. The Bertz CT molecular complexity index is 794. The Balaban J connectivity index is 1.47. The van der Waals surface area contributed by atoms with E-state index in [0.717, 1.165) is 22.6 Å². The molecule has 2 aromatic carbocycles. The standard InChI is InChI=1S/C21H23NO5/c23-13-19-21(16-4-2-1-3-5-16)22(10-11-25-19)20(24)9-7-15-6-8-17-18(12-15)27-14-26-17/h1-6,8,12,19,21,23H,7,9-11,13-14H2/t19-,21-/m1/s1. The normalized spacial score (nSPS) is 21.3. The van der Waals surface area contributed by atoms with Crippen LogP contribution < -0.4 is 9.47 Å². The molecule has 6 heteroatoms. The summed E-state index contributed by atoms with van der Waals surface area (Å²) in [5, 5.41) is 9.73. The highest BCUT2D eigenvalue weighted by Crippen LogP contribution is 2.33. The van der Waals surface area contributed by atoms with Gasteiger partial charge in [-0.2, -0.15) is 0 Å². The van der Waals surface area contributed by atoms with E-state index in [1.54, 1.807) is 0 Å². The van der Waals surface area contributed by atoms with Gasteiger partial charge in [0.1, 0.15) is 6.10 Å². The molecule has 6 nitrogen and oxygen atoms in total. The third kappa shape index (κ3) is 3.77. The van der Waals surface area contributed by atoms with Crippen molar-refractivity contribution in [1.82, 2.24) is 4.90 Å². The number of fused-ring (bicyclic) bond motifs is 1. The summed E-state index contributed by atoms with van der Waals surface area (Å²) >= 11 is 0. The molecule has 0 radical (unpaired) electrons. The predicted molar refractivity (Wildman–Crippen MR) is 98.6 cm³/mol. The van der Waals surface area contributed by atoms with Crippen LogP contribution in [0.3, 0.4) is 0 Å². The zero-order valence-electron chi connectivity index (χ0n) is 15.0. The molecule has 1 saturated heterocycles. The second-order valence-electron chi connectivity index (χ2n) is 6.72. The Morgan fingerprint density at radius 2 is 1.93 bits per heavy atom. The Morgan fingerprint density at radius 1 is 1.11 bits per heavy atom. The van der Waals surface area contributed by atoms with E-state index in [9.17, 15) is 9.90 Å². The molecule has 2 aliphatic rings. The average molecular weight is 369 g/mol. The summed E-state index contributed by atoms with van der Waals surface area (Å²) in [6.45, 7) is 1.08. The van der Waals surface area contributed by atoms with Gasteiger partial charge >= 0.3 is 0 Å². The molecule has 2 aliphatic heterocycles. The van der Waals surface area contributed by atoms with Gasteiger partial charge in [0.2, 0.25) is 12.7 Å². The fraction of sp³-hybridized carbons (Fsp3) is 0.381. The minimum Gasteiger partial charge on any atom is -0.454 e. The molecule has 27 heavy (non-hydrogen) atoms. The number of carbonyl (C=O) groups excluding carboxylic acids is 1. The van der Waals surface area contributed by atoms with E-state index >= 15 is 0 Å². The van der Waals surface area contributed by atoms with Crippen molar-refractivity contribution in [3.63, 3.8) is 0 Å². The van der Waals surface area contributed by atoms with Crippen LogP contribution in [0.25, 0.3) is 0 Å². The highest BCUT2D eigenvalue weighted by molar-refractivity contribution is 5.77. The van der Waals surface area contributed by atoms with Crippen LogP contribution in [0.15, 0.2) is 48.5 Å². The van der Waals surface area contributed by atoms with Gasteiger partial charge in [0.05, 0.1) is 19.3 Å². The first kappa shape index (κ1) is 17.8. The van der Waals surface area contributed by atoms with Crippen molar-refractivity contribution in [3.05, 3.63) is 59.7 Å². The third-order valence-electron chi connectivity index (χ3n) is 5.06. The lowest BCUT2D eigenvalue weighted by Gasteiger charge is -2.41. The average Bonchev–Trinajstić information content (AvgIpc) is 3.20. The number of hydrogen-bond acceptors (Lipinski definition) is 5. The van der Waals surface area contributed by atoms with Crippen molar-refractivity contribution < 1.29 is 24.1 Å². The van der Waals surface area contributed by atoms with Crippen molar-refractivity contribution in [3.8, 4) is 11.5 Å². The fourth-order valence-corrected chi connectivity index (χ4v) is 3.70. The molecule has 1 N–H and O–H groups in total. The lowest BCUT2D eigenvalue weighted by Crippen LogP contribution is -2.49. The second-order valence-corrected chi connectivity index (χ2v) is 6.72. The maximum absolute atomic E-state index is 13.0. The maximum Gasteiger partial charge on any atom is 0.231 e. The minimum absolute atomic E-state index is 0.0586. The van der Waals surface area contributed by atoms with Crippen LogP contribution in [0.1, 0.15) is 23.6 Å². The monoisotopic (exact) mass is 369 g/mol. The van der Waals surface area contributed by atoms with Gasteiger partial charge < -0.3 is 24.2 Å². The van der Waals surface area contributed by atoms with Gasteiger partial charge in [-0.15, -0.1) is 0 Å². The number of benzene rings is 2. The van der Waals surface area contributed by atoms with Gasteiger partial charge in [-0.3, -0.25) is 4.79 Å². The number of carbonyl (C=O) groups is 1. The number of aryl methyl sites for hydroxylation is 1. The number of rotatable bonds is 5. The lowest BCUT2D eigenvalue weighted by molar-refractivity contribution is -0.149. The van der Waals surface area contributed by atoms with Crippen LogP contribution in [-0.2, 0) is 16.0 Å². The molecule has 2 aromatic rings. The third-order valence-corrected chi connectivity index (χ3v) is 5.06. The smallest absolute Gasteiger partial charge is 0.231 e. The van der Waals surface area contributed by atoms with E-state index in [1.807, 2.05) is 53.4 Å². The molecule has 2 atom stereocenters. The predicted octanol–water partition coefficient (Wildman–Crippen LogP) is 2.31. The van der Waals surface area contributed by atoms with Crippen LogP contribution in [0.2, 0.25) is 0 Å². The molecule has 1 fully saturated rings. The zero-order valence-corrected chi connectivity index (χ0v) is 15.0. The quantitative estimate of drug-likeness (QED) is 0.876. The Morgan fingerprint density at radius 3 is 2.74 bits per heavy atom. The van der Waals surface area contributed by atoms with Crippen molar-refractivity contribution in [2.75, 3.05) is 26.6 Å². The van der Waals surface area contributed by atoms with Crippen LogP contribution in [-0.4, -0.2) is 48.6 Å². The fourth-order valence-electron chi connectivity index (χ4n) is 3.70. The van der Waals surface area contributed by atoms with Crippen LogP contribution >= 0.6 is 0 Å². The highest BCUT2D eigenvalue weighted by atomic mass is 16.7. The maximum atomic E-state index is 13.0. The van der Waals surface area contributed by atoms with Gasteiger partial charge in [-0.1, -0.05) is 36.4 Å². The van der Waals surface area contributed by atoms with Crippen molar-refractivity contribution >= 4 is 5.91 Å². The first-order chi connectivity index (χ1) is 13.3. The SMILES string of the molecule is O=C(CCc1ccc2c(c1)OCO2)N1CCO[C@H](CO)[C@H]1c1ccccc1. The molecular weight excluding hydrogens is 346 g/mol. The van der Waals surface area contributed by atoms with Gasteiger partial charge in [-0.05, 0) is 29.7 Å². The Hall–Kier alpha value is -2.57. The van der Waals surface area contributed by atoms with Crippen LogP contribution in [0.5, 0.6) is 11.5 Å². The molecule has 2 heterocycles. The van der Waals surface area contributed by atoms with E-state index in [-0.39, 0.29) is 25.3 Å². The summed E-state index contributed by atoms with van der Waals surface area (Å²) in [6.07, 6.45) is 0.606. The lowest BCUT2D eigenvalue weighted by atomic mass is 9.97. The van der Waals surface area contributed by atoms with Gasteiger partial charge in [0.25, 0.3) is 0 Å². The van der Waals surface area contributed by atoms with E-state index in [0.29, 0.717) is 26.0 Å². The summed E-state index contributed by atoms with van der Waals surface area (Å²) in [4.78, 5) is 14.8. The van der Waals surface area contributed by atoms with Gasteiger partial charge in [-0.25, -0.2) is 0 Å². The molecule has 142 valence electrons. The molecule has 0 saturated carbocycles. The molecule has 0 spiro atoms. The largest absolute Gasteiger partial charge is 0.454 e. The van der Waals surface area contributed by atoms with Crippen molar-refractivity contribution in [2.45, 2.75) is 25.0 Å². The first-order valence-corrected chi connectivity index (χ1v) is 9.21. The molecule has 0 bridgehead atoms. The van der Waals surface area contributed by atoms with Gasteiger partial charge in [0.15, 0.2) is 11.5 Å². The topological polar surface area (TPSA) is 68.2 Å². The number of ether oxygens (including phenoxy) is 3.